The summed E-state index contributed by atoms with van der Waals surface area (Å²) in [6, 6.07) is 29.0. The lowest BCUT2D eigenvalue weighted by Gasteiger charge is -2.10. The van der Waals surface area contributed by atoms with Crippen LogP contribution in [-0.4, -0.2) is 10.9 Å². The number of para-hydroxylation sites is 1. The number of nitrogens with zero attached hydrogens (tertiary/aromatic N) is 2. The maximum atomic E-state index is 6.16. The molecule has 0 unspecified atom stereocenters. The number of halogens is 1. The minimum Gasteiger partial charge on any atom is -0.457 e. The van der Waals surface area contributed by atoms with Crippen molar-refractivity contribution in [1.82, 2.24) is 4.57 Å². The highest BCUT2D eigenvalue weighted by Crippen LogP contribution is 2.34. The van der Waals surface area contributed by atoms with E-state index in [0.717, 1.165) is 32.7 Å². The molecule has 0 saturated carbocycles. The van der Waals surface area contributed by atoms with E-state index in [-0.39, 0.29) is 0 Å². The number of rotatable bonds is 5. The van der Waals surface area contributed by atoms with E-state index < -0.39 is 0 Å². The van der Waals surface area contributed by atoms with E-state index >= 15 is 0 Å². The van der Waals surface area contributed by atoms with Gasteiger partial charge in [0.25, 0.3) is 0 Å². The normalized spacial score (nSPS) is 11.8. The van der Waals surface area contributed by atoms with Gasteiger partial charge in [0.05, 0.1) is 16.7 Å². The molecule has 0 aliphatic heterocycles. The number of aromatic nitrogens is 1. The van der Waals surface area contributed by atoms with Crippen molar-refractivity contribution in [2.24, 2.45) is 4.99 Å². The number of benzene rings is 4. The van der Waals surface area contributed by atoms with Gasteiger partial charge < -0.3 is 4.74 Å². The average molecular weight is 497 g/mol. The van der Waals surface area contributed by atoms with Crippen LogP contribution >= 0.6 is 15.9 Å². The van der Waals surface area contributed by atoms with Crippen LogP contribution in [0.15, 0.2) is 94.4 Å². The third-order valence-corrected chi connectivity index (χ3v) is 6.32. The number of aryl methyl sites for hydroxylation is 1. The van der Waals surface area contributed by atoms with Crippen LogP contribution in [0, 0.1) is 6.92 Å². The summed E-state index contributed by atoms with van der Waals surface area (Å²) in [4.78, 5) is 4.93. The fourth-order valence-corrected chi connectivity index (χ4v) is 4.59. The first-order valence-electron chi connectivity index (χ1n) is 11.1. The van der Waals surface area contributed by atoms with Gasteiger partial charge in [0.1, 0.15) is 17.8 Å². The van der Waals surface area contributed by atoms with Crippen molar-refractivity contribution in [3.05, 3.63) is 101 Å². The second-order valence-corrected chi connectivity index (χ2v) is 9.50. The van der Waals surface area contributed by atoms with Gasteiger partial charge in [0.15, 0.2) is 0 Å². The number of fused-ring (bicyclic) bond motifs is 3. The molecular formula is C29H25BrN2O. The van der Waals surface area contributed by atoms with Gasteiger partial charge >= 0.3 is 0 Å². The summed E-state index contributed by atoms with van der Waals surface area (Å²) in [6.07, 6.45) is 1.93. The van der Waals surface area contributed by atoms with E-state index in [1.165, 1.54) is 21.9 Å². The minimum atomic E-state index is 0.403. The Kier molecular flexibility index (Phi) is 5.77. The van der Waals surface area contributed by atoms with E-state index in [0.29, 0.717) is 5.92 Å². The Bertz CT molecular complexity index is 1500. The Labute approximate surface area is 202 Å². The van der Waals surface area contributed by atoms with E-state index in [4.69, 9.17) is 9.73 Å². The SMILES string of the molecule is Cc1ccc(/N=C/n2c3ccccc3c3ccc(Oc4cccc(Br)c4)cc32)c(C(C)C)c1. The van der Waals surface area contributed by atoms with Crippen molar-refractivity contribution in [2.45, 2.75) is 26.7 Å². The number of hydrogen-bond acceptors (Lipinski definition) is 2. The Morgan fingerprint density at radius 2 is 1.61 bits per heavy atom. The van der Waals surface area contributed by atoms with Gasteiger partial charge in [-0.3, -0.25) is 4.57 Å². The van der Waals surface area contributed by atoms with Crippen LogP contribution in [0.3, 0.4) is 0 Å². The minimum absolute atomic E-state index is 0.403. The lowest BCUT2D eigenvalue weighted by atomic mass is 9.99. The summed E-state index contributed by atoms with van der Waals surface area (Å²) < 4.78 is 9.30. The van der Waals surface area contributed by atoms with Crippen molar-refractivity contribution < 1.29 is 4.74 Å². The lowest BCUT2D eigenvalue weighted by Crippen LogP contribution is -1.96. The Morgan fingerprint density at radius 1 is 0.818 bits per heavy atom. The van der Waals surface area contributed by atoms with Crippen molar-refractivity contribution in [3.8, 4) is 11.5 Å². The fourth-order valence-electron chi connectivity index (χ4n) is 4.21. The maximum absolute atomic E-state index is 6.16. The third-order valence-electron chi connectivity index (χ3n) is 5.83. The maximum Gasteiger partial charge on any atom is 0.129 e. The van der Waals surface area contributed by atoms with Crippen molar-refractivity contribution in [3.63, 3.8) is 0 Å². The zero-order valence-corrected chi connectivity index (χ0v) is 20.5. The van der Waals surface area contributed by atoms with Gasteiger partial charge in [0, 0.05) is 21.3 Å². The standard InChI is InChI=1S/C29H25BrN2O/c1-19(2)26-15-20(3)11-14-27(26)31-18-32-28-10-5-4-9-24(28)25-13-12-23(17-29(25)32)33-22-8-6-7-21(30)16-22/h4-19H,1-3H3/b31-18+. The summed E-state index contributed by atoms with van der Waals surface area (Å²) in [7, 11) is 0. The first kappa shape index (κ1) is 21.5. The monoisotopic (exact) mass is 496 g/mol. The van der Waals surface area contributed by atoms with Crippen molar-refractivity contribution in [2.75, 3.05) is 0 Å². The lowest BCUT2D eigenvalue weighted by molar-refractivity contribution is 0.483. The predicted molar refractivity (Wildman–Crippen MR) is 142 cm³/mol. The molecule has 0 aliphatic carbocycles. The van der Waals surface area contributed by atoms with Gasteiger partial charge in [0.2, 0.25) is 0 Å². The van der Waals surface area contributed by atoms with Crippen molar-refractivity contribution >= 4 is 49.8 Å². The Balaban J connectivity index is 1.63. The molecule has 0 atom stereocenters. The van der Waals surface area contributed by atoms with Crippen LogP contribution in [0.5, 0.6) is 11.5 Å². The highest BCUT2D eigenvalue weighted by molar-refractivity contribution is 9.10. The molecule has 0 amide bonds. The van der Waals surface area contributed by atoms with Gasteiger partial charge in [-0.1, -0.05) is 71.7 Å². The van der Waals surface area contributed by atoms with Crippen LogP contribution in [0.1, 0.15) is 30.9 Å². The number of hydrogen-bond donors (Lipinski definition) is 0. The van der Waals surface area contributed by atoms with Gasteiger partial charge in [-0.25, -0.2) is 4.99 Å². The van der Waals surface area contributed by atoms with Crippen LogP contribution in [-0.2, 0) is 0 Å². The first-order chi connectivity index (χ1) is 16.0. The summed E-state index contributed by atoms with van der Waals surface area (Å²) in [5.41, 5.74) is 5.69. The third kappa shape index (κ3) is 4.31. The molecule has 0 N–H and O–H groups in total. The van der Waals surface area contributed by atoms with Crippen LogP contribution in [0.25, 0.3) is 21.8 Å². The molecule has 4 heteroatoms. The molecule has 5 aromatic rings. The van der Waals surface area contributed by atoms with Crippen LogP contribution < -0.4 is 4.74 Å². The molecule has 0 saturated heterocycles. The zero-order chi connectivity index (χ0) is 22.9. The molecule has 0 radical (unpaired) electrons. The molecule has 3 nitrogen and oxygen atoms in total. The van der Waals surface area contributed by atoms with Crippen molar-refractivity contribution in [1.29, 1.82) is 0 Å². The highest BCUT2D eigenvalue weighted by atomic mass is 79.9. The summed E-state index contributed by atoms with van der Waals surface area (Å²) in [6.45, 7) is 6.54. The zero-order valence-electron chi connectivity index (χ0n) is 18.9. The molecule has 0 spiro atoms. The molecule has 33 heavy (non-hydrogen) atoms. The van der Waals surface area contributed by atoms with E-state index in [2.05, 4.69) is 95.9 Å². The smallest absolute Gasteiger partial charge is 0.129 e. The molecule has 0 bridgehead atoms. The molecular weight excluding hydrogens is 472 g/mol. The molecule has 4 aromatic carbocycles. The average Bonchev–Trinajstić information content (AvgIpc) is 3.11. The molecule has 5 rings (SSSR count). The second-order valence-electron chi connectivity index (χ2n) is 8.59. The summed E-state index contributed by atoms with van der Waals surface area (Å²) in [5, 5.41) is 2.37. The predicted octanol–water partition coefficient (Wildman–Crippen LogP) is 8.99. The van der Waals surface area contributed by atoms with E-state index in [9.17, 15) is 0 Å². The number of ether oxygens (including phenoxy) is 1. The van der Waals surface area contributed by atoms with Gasteiger partial charge in [-0.15, -0.1) is 0 Å². The fraction of sp³-hybridized carbons (Fsp3) is 0.138. The van der Waals surface area contributed by atoms with Gasteiger partial charge in [-0.2, -0.15) is 0 Å². The first-order valence-corrected chi connectivity index (χ1v) is 11.9. The molecule has 164 valence electrons. The Hall–Kier alpha value is -3.37. The van der Waals surface area contributed by atoms with Crippen LogP contribution in [0.4, 0.5) is 5.69 Å². The van der Waals surface area contributed by atoms with E-state index in [1.807, 2.05) is 36.7 Å². The summed E-state index contributed by atoms with van der Waals surface area (Å²) in [5.74, 6) is 1.98. The second kappa shape index (κ2) is 8.87. The van der Waals surface area contributed by atoms with E-state index in [1.54, 1.807) is 0 Å². The molecule has 1 aromatic heterocycles. The largest absolute Gasteiger partial charge is 0.457 e. The summed E-state index contributed by atoms with van der Waals surface area (Å²) >= 11 is 3.51. The quantitative estimate of drug-likeness (QED) is 0.176. The van der Waals surface area contributed by atoms with Crippen LogP contribution in [0.2, 0.25) is 0 Å². The number of aliphatic imine (C=N–C) groups is 1. The van der Waals surface area contributed by atoms with Gasteiger partial charge in [-0.05, 0) is 60.9 Å². The molecule has 0 aliphatic rings. The molecule has 0 fully saturated rings. The Morgan fingerprint density at radius 3 is 2.42 bits per heavy atom. The topological polar surface area (TPSA) is 26.5 Å². The molecule has 1 heterocycles. The highest BCUT2D eigenvalue weighted by Gasteiger charge is 2.12.